The van der Waals surface area contributed by atoms with Gasteiger partial charge in [-0.2, -0.15) is 0 Å². The number of benzene rings is 2. The summed E-state index contributed by atoms with van der Waals surface area (Å²) >= 11 is 0. The fourth-order valence-electron chi connectivity index (χ4n) is 1.72. The van der Waals surface area contributed by atoms with Gasteiger partial charge >= 0.3 is 11.7 Å². The molecule has 0 radical (unpaired) electrons. The lowest BCUT2D eigenvalue weighted by Crippen LogP contribution is -2.18. The highest BCUT2D eigenvalue weighted by Gasteiger charge is 2.16. The highest BCUT2D eigenvalue weighted by atomic mass is 16.6. The lowest BCUT2D eigenvalue weighted by molar-refractivity contribution is -0.385. The van der Waals surface area contributed by atoms with Crippen molar-refractivity contribution >= 4 is 11.7 Å². The lowest BCUT2D eigenvalue weighted by atomic mass is 10.3. The van der Waals surface area contributed by atoms with Gasteiger partial charge in [-0.05, 0) is 18.2 Å². The van der Waals surface area contributed by atoms with Crippen LogP contribution >= 0.6 is 0 Å². The molecule has 2 aromatic rings. The smallest absolute Gasteiger partial charge is 0.349 e. The molecule has 0 amide bonds. The predicted octanol–water partition coefficient (Wildman–Crippen LogP) is 2.59. The van der Waals surface area contributed by atoms with E-state index in [2.05, 4.69) is 0 Å². The number of esters is 1. The summed E-state index contributed by atoms with van der Waals surface area (Å²) in [5.74, 6) is -0.0326. The van der Waals surface area contributed by atoms with Crippen LogP contribution in [0.15, 0.2) is 48.5 Å². The minimum atomic E-state index is -0.692. The molecular formula is C15H13NO6. The number of hydrogen-bond acceptors (Lipinski definition) is 6. The van der Waals surface area contributed by atoms with Crippen molar-refractivity contribution in [2.24, 2.45) is 0 Å². The van der Waals surface area contributed by atoms with Gasteiger partial charge in [0.2, 0.25) is 0 Å². The fraction of sp³-hybridized carbons (Fsp3) is 0.133. The van der Waals surface area contributed by atoms with E-state index in [1.54, 1.807) is 30.3 Å². The Kier molecular flexibility index (Phi) is 4.92. The van der Waals surface area contributed by atoms with Crippen LogP contribution in [0.5, 0.6) is 17.2 Å². The average molecular weight is 303 g/mol. The van der Waals surface area contributed by atoms with Crippen LogP contribution in [-0.2, 0) is 4.79 Å². The third kappa shape index (κ3) is 3.72. The van der Waals surface area contributed by atoms with Crippen molar-refractivity contribution in [3.05, 3.63) is 58.6 Å². The van der Waals surface area contributed by atoms with Gasteiger partial charge in [0.25, 0.3) is 0 Å². The summed E-state index contributed by atoms with van der Waals surface area (Å²) in [6, 6.07) is 12.4. The summed E-state index contributed by atoms with van der Waals surface area (Å²) < 4.78 is 15.3. The maximum absolute atomic E-state index is 11.8. The molecule has 0 heterocycles. The number of ether oxygens (including phenoxy) is 3. The quantitative estimate of drug-likeness (QED) is 0.353. The van der Waals surface area contributed by atoms with Crippen LogP contribution in [0.3, 0.4) is 0 Å². The van der Waals surface area contributed by atoms with E-state index in [-0.39, 0.29) is 17.2 Å². The van der Waals surface area contributed by atoms with Crippen LogP contribution in [0.1, 0.15) is 0 Å². The number of para-hydroxylation sites is 4. The van der Waals surface area contributed by atoms with Crippen molar-refractivity contribution in [2.45, 2.75) is 0 Å². The Bertz CT molecular complexity index is 685. The zero-order chi connectivity index (χ0) is 15.9. The van der Waals surface area contributed by atoms with Gasteiger partial charge in [0.05, 0.1) is 12.0 Å². The highest BCUT2D eigenvalue weighted by Crippen LogP contribution is 2.27. The van der Waals surface area contributed by atoms with Crippen molar-refractivity contribution in [1.29, 1.82) is 0 Å². The number of carbonyl (C=O) groups excluding carboxylic acids is 1. The zero-order valence-corrected chi connectivity index (χ0v) is 11.7. The fourth-order valence-corrected chi connectivity index (χ4v) is 1.72. The van der Waals surface area contributed by atoms with E-state index >= 15 is 0 Å². The number of nitrogens with zero attached hydrogens (tertiary/aromatic N) is 1. The van der Waals surface area contributed by atoms with E-state index in [1.165, 1.54) is 25.3 Å². The van der Waals surface area contributed by atoms with Gasteiger partial charge in [-0.1, -0.05) is 24.3 Å². The molecule has 0 saturated carbocycles. The Morgan fingerprint density at radius 2 is 1.64 bits per heavy atom. The minimum absolute atomic E-state index is 0.00415. The molecule has 0 aromatic heterocycles. The maximum Gasteiger partial charge on any atom is 0.349 e. The van der Waals surface area contributed by atoms with Gasteiger partial charge in [0, 0.05) is 6.07 Å². The summed E-state index contributed by atoms with van der Waals surface area (Å²) in [5, 5.41) is 10.8. The molecule has 0 bridgehead atoms. The van der Waals surface area contributed by atoms with E-state index in [0.29, 0.717) is 5.75 Å². The zero-order valence-electron chi connectivity index (χ0n) is 11.7. The first kappa shape index (κ1) is 15.3. The maximum atomic E-state index is 11.8. The topological polar surface area (TPSA) is 87.9 Å². The highest BCUT2D eigenvalue weighted by molar-refractivity contribution is 5.75. The van der Waals surface area contributed by atoms with Gasteiger partial charge in [-0.25, -0.2) is 4.79 Å². The van der Waals surface area contributed by atoms with Crippen LogP contribution < -0.4 is 14.2 Å². The summed E-state index contributed by atoms with van der Waals surface area (Å²) in [5.41, 5.74) is -0.215. The number of nitro benzene ring substituents is 1. The minimum Gasteiger partial charge on any atom is -0.493 e. The normalized spacial score (nSPS) is 9.86. The Hall–Kier alpha value is -3.09. The number of hydrogen-bond donors (Lipinski definition) is 0. The molecule has 0 aliphatic carbocycles. The van der Waals surface area contributed by atoms with E-state index in [0.717, 1.165) is 0 Å². The lowest BCUT2D eigenvalue weighted by Gasteiger charge is -2.09. The average Bonchev–Trinajstić information content (AvgIpc) is 2.53. The van der Waals surface area contributed by atoms with Crippen LogP contribution in [-0.4, -0.2) is 24.6 Å². The van der Waals surface area contributed by atoms with Crippen LogP contribution in [0.2, 0.25) is 0 Å². The third-order valence-corrected chi connectivity index (χ3v) is 2.70. The van der Waals surface area contributed by atoms with Crippen molar-refractivity contribution in [2.75, 3.05) is 13.7 Å². The number of carbonyl (C=O) groups is 1. The molecule has 0 spiro atoms. The van der Waals surface area contributed by atoms with Crippen molar-refractivity contribution in [3.63, 3.8) is 0 Å². The second-order valence-electron chi connectivity index (χ2n) is 4.14. The molecule has 0 unspecified atom stereocenters. The second-order valence-corrected chi connectivity index (χ2v) is 4.14. The molecule has 7 nitrogen and oxygen atoms in total. The first-order valence-electron chi connectivity index (χ1n) is 6.31. The molecule has 0 atom stereocenters. The van der Waals surface area contributed by atoms with Gasteiger partial charge in [-0.3, -0.25) is 10.1 Å². The van der Waals surface area contributed by atoms with Crippen molar-refractivity contribution in [3.8, 4) is 17.2 Å². The summed E-state index contributed by atoms with van der Waals surface area (Å²) in [6.45, 7) is -0.455. The molecule has 2 rings (SSSR count). The third-order valence-electron chi connectivity index (χ3n) is 2.70. The van der Waals surface area contributed by atoms with Crippen molar-refractivity contribution in [1.82, 2.24) is 0 Å². The van der Waals surface area contributed by atoms with Crippen LogP contribution in [0.4, 0.5) is 5.69 Å². The molecule has 0 aliphatic heterocycles. The van der Waals surface area contributed by atoms with E-state index in [1.807, 2.05) is 0 Å². The molecule has 0 fully saturated rings. The van der Waals surface area contributed by atoms with E-state index in [9.17, 15) is 14.9 Å². The Morgan fingerprint density at radius 1 is 1.05 bits per heavy atom. The monoisotopic (exact) mass is 303 g/mol. The van der Waals surface area contributed by atoms with Gasteiger partial charge < -0.3 is 14.2 Å². The summed E-state index contributed by atoms with van der Waals surface area (Å²) in [7, 11) is 1.45. The standard InChI is InChI=1S/C15H13NO6/c1-20-13-8-4-5-9-14(13)22-15(17)10-21-12-7-3-2-6-11(12)16(18)19/h2-9H,10H2,1H3. The van der Waals surface area contributed by atoms with Gasteiger partial charge in [-0.15, -0.1) is 0 Å². The molecule has 2 aromatic carbocycles. The number of methoxy groups -OCH3 is 1. The molecule has 114 valence electrons. The first-order valence-corrected chi connectivity index (χ1v) is 6.31. The van der Waals surface area contributed by atoms with E-state index < -0.39 is 17.5 Å². The molecule has 0 N–H and O–H groups in total. The van der Waals surface area contributed by atoms with Crippen LogP contribution in [0.25, 0.3) is 0 Å². The van der Waals surface area contributed by atoms with Crippen molar-refractivity contribution < 1.29 is 23.9 Å². The van der Waals surface area contributed by atoms with E-state index in [4.69, 9.17) is 14.2 Å². The largest absolute Gasteiger partial charge is 0.493 e. The molecule has 0 aliphatic rings. The van der Waals surface area contributed by atoms with Crippen LogP contribution in [0, 0.1) is 10.1 Å². The molecule has 0 saturated heterocycles. The Morgan fingerprint density at radius 3 is 2.27 bits per heavy atom. The molecular weight excluding hydrogens is 290 g/mol. The summed E-state index contributed by atoms with van der Waals surface area (Å²) in [6.07, 6.45) is 0. The first-order chi connectivity index (χ1) is 10.6. The Balaban J connectivity index is 2.00. The van der Waals surface area contributed by atoms with Gasteiger partial charge in [0.1, 0.15) is 0 Å². The molecule has 7 heteroatoms. The second kappa shape index (κ2) is 7.07. The predicted molar refractivity (Wildman–Crippen MR) is 77.2 cm³/mol. The SMILES string of the molecule is COc1ccccc1OC(=O)COc1ccccc1[N+](=O)[O-]. The Labute approximate surface area is 126 Å². The summed E-state index contributed by atoms with van der Waals surface area (Å²) in [4.78, 5) is 22.0. The molecule has 22 heavy (non-hydrogen) atoms. The number of rotatable bonds is 6. The number of nitro groups is 1. The van der Waals surface area contributed by atoms with Gasteiger partial charge in [0.15, 0.2) is 23.9 Å².